The molecule has 1 N–H and O–H groups in total. The lowest BCUT2D eigenvalue weighted by atomic mass is 10.1. The van der Waals surface area contributed by atoms with Gasteiger partial charge in [-0.05, 0) is 37.8 Å². The maximum absolute atomic E-state index is 12.6. The molecule has 0 aliphatic carbocycles. The van der Waals surface area contributed by atoms with E-state index in [1.54, 1.807) is 11.3 Å². The van der Waals surface area contributed by atoms with Crippen molar-refractivity contribution < 1.29 is 9.90 Å². The van der Waals surface area contributed by atoms with Crippen LogP contribution >= 0.6 is 11.3 Å². The van der Waals surface area contributed by atoms with Gasteiger partial charge in [0.25, 0.3) is 5.91 Å². The number of nitrogens with zero attached hydrogens (tertiary/aromatic N) is 1. The summed E-state index contributed by atoms with van der Waals surface area (Å²) in [5.74, 6) is 0.105. The molecule has 1 aliphatic heterocycles. The third-order valence-electron chi connectivity index (χ3n) is 3.90. The number of carbonyl (C=O) groups is 1. The zero-order valence-electron chi connectivity index (χ0n) is 11.8. The summed E-state index contributed by atoms with van der Waals surface area (Å²) in [7, 11) is 0. The minimum atomic E-state index is 0.00230. The largest absolute Gasteiger partial charge is 0.394 e. The molecule has 106 valence electrons. The molecular weight excluding hydrogens is 258 g/mol. The van der Waals surface area contributed by atoms with Gasteiger partial charge in [-0.15, -0.1) is 11.3 Å². The van der Waals surface area contributed by atoms with Crippen LogP contribution in [0.3, 0.4) is 0 Å². The maximum Gasteiger partial charge on any atom is 0.264 e. The topological polar surface area (TPSA) is 40.5 Å². The lowest BCUT2D eigenvalue weighted by Crippen LogP contribution is -2.41. The molecule has 0 saturated carbocycles. The van der Waals surface area contributed by atoms with Crippen molar-refractivity contribution in [2.75, 3.05) is 13.2 Å². The molecule has 1 atom stereocenters. The lowest BCUT2D eigenvalue weighted by molar-refractivity contribution is 0.0604. The van der Waals surface area contributed by atoms with Gasteiger partial charge in [-0.1, -0.05) is 19.8 Å². The number of carbonyl (C=O) groups excluding carboxylic acids is 1. The van der Waals surface area contributed by atoms with Crippen LogP contribution in [-0.2, 0) is 6.42 Å². The van der Waals surface area contributed by atoms with E-state index in [2.05, 4.69) is 13.8 Å². The summed E-state index contributed by atoms with van der Waals surface area (Å²) in [6.07, 6.45) is 5.22. The Bertz CT molecular complexity index is 441. The highest BCUT2D eigenvalue weighted by Gasteiger charge is 2.26. The van der Waals surface area contributed by atoms with E-state index < -0.39 is 0 Å². The standard InChI is InChI=1S/C15H23NO2S/c1-3-13-11(2)9-14(19-13)15(18)16-8-6-4-5-7-12(16)10-17/h9,12,17H,3-8,10H2,1-2H3. The molecule has 0 aromatic carbocycles. The van der Waals surface area contributed by atoms with Crippen LogP contribution in [0, 0.1) is 6.92 Å². The van der Waals surface area contributed by atoms with Crippen molar-refractivity contribution in [3.05, 3.63) is 21.4 Å². The number of hydrogen-bond donors (Lipinski definition) is 1. The van der Waals surface area contributed by atoms with Crippen molar-refractivity contribution in [1.29, 1.82) is 0 Å². The SMILES string of the molecule is CCc1sc(C(=O)N2CCCCCC2CO)cc1C. The maximum atomic E-state index is 12.6. The summed E-state index contributed by atoms with van der Waals surface area (Å²) >= 11 is 1.61. The average molecular weight is 281 g/mol. The molecule has 2 heterocycles. The summed E-state index contributed by atoms with van der Waals surface area (Å²) in [5.41, 5.74) is 1.21. The quantitative estimate of drug-likeness (QED) is 0.925. The molecule has 0 radical (unpaired) electrons. The molecule has 1 saturated heterocycles. The summed E-state index contributed by atoms with van der Waals surface area (Å²) in [4.78, 5) is 16.6. The fraction of sp³-hybridized carbons (Fsp3) is 0.667. The van der Waals surface area contributed by atoms with Crippen molar-refractivity contribution in [1.82, 2.24) is 4.90 Å². The first kappa shape index (κ1) is 14.5. The lowest BCUT2D eigenvalue weighted by Gasteiger charge is -2.28. The Morgan fingerprint density at radius 1 is 1.47 bits per heavy atom. The fourth-order valence-electron chi connectivity index (χ4n) is 2.75. The van der Waals surface area contributed by atoms with Crippen molar-refractivity contribution in [3.8, 4) is 0 Å². The number of rotatable bonds is 3. The molecule has 1 unspecified atom stereocenters. The number of amides is 1. The minimum Gasteiger partial charge on any atom is -0.394 e. The second-order valence-corrected chi connectivity index (χ2v) is 6.39. The summed E-state index contributed by atoms with van der Waals surface area (Å²) < 4.78 is 0. The Labute approximate surface area is 119 Å². The number of aliphatic hydroxyl groups is 1. The Kier molecular flexibility index (Phi) is 4.99. The molecule has 1 amide bonds. The van der Waals surface area contributed by atoms with E-state index in [9.17, 15) is 9.90 Å². The molecular formula is C15H23NO2S. The Morgan fingerprint density at radius 3 is 2.89 bits per heavy atom. The van der Waals surface area contributed by atoms with Gasteiger partial charge in [-0.3, -0.25) is 4.79 Å². The molecule has 0 spiro atoms. The first-order valence-electron chi connectivity index (χ1n) is 7.18. The van der Waals surface area contributed by atoms with E-state index in [1.807, 2.05) is 11.0 Å². The first-order chi connectivity index (χ1) is 9.17. The average Bonchev–Trinajstić information content (AvgIpc) is 2.64. The second-order valence-electron chi connectivity index (χ2n) is 5.25. The summed E-state index contributed by atoms with van der Waals surface area (Å²) in [6, 6.07) is 2.01. The van der Waals surface area contributed by atoms with E-state index in [4.69, 9.17) is 0 Å². The number of aliphatic hydroxyl groups excluding tert-OH is 1. The Hall–Kier alpha value is -0.870. The number of likely N-dealkylation sites (tertiary alicyclic amines) is 1. The zero-order chi connectivity index (χ0) is 13.8. The number of aryl methyl sites for hydroxylation is 2. The molecule has 3 nitrogen and oxygen atoms in total. The van der Waals surface area contributed by atoms with Gasteiger partial charge >= 0.3 is 0 Å². The number of thiophene rings is 1. The van der Waals surface area contributed by atoms with Crippen LogP contribution in [0.5, 0.6) is 0 Å². The van der Waals surface area contributed by atoms with Gasteiger partial charge in [-0.2, -0.15) is 0 Å². The highest BCUT2D eigenvalue weighted by Crippen LogP contribution is 2.26. The molecule has 1 fully saturated rings. The number of hydrogen-bond acceptors (Lipinski definition) is 3. The van der Waals surface area contributed by atoms with Crippen molar-refractivity contribution in [3.63, 3.8) is 0 Å². The predicted octanol–water partition coefficient (Wildman–Crippen LogP) is 3.00. The van der Waals surface area contributed by atoms with Gasteiger partial charge in [0.05, 0.1) is 17.5 Å². The third-order valence-corrected chi connectivity index (χ3v) is 5.27. The van der Waals surface area contributed by atoms with Gasteiger partial charge in [0.2, 0.25) is 0 Å². The van der Waals surface area contributed by atoms with Crippen molar-refractivity contribution >= 4 is 17.2 Å². The van der Waals surface area contributed by atoms with E-state index in [0.717, 1.165) is 43.5 Å². The van der Waals surface area contributed by atoms with Crippen LogP contribution in [0.2, 0.25) is 0 Å². The van der Waals surface area contributed by atoms with E-state index in [-0.39, 0.29) is 18.6 Å². The molecule has 1 aliphatic rings. The van der Waals surface area contributed by atoms with E-state index in [0.29, 0.717) is 0 Å². The van der Waals surface area contributed by atoms with Crippen molar-refractivity contribution in [2.45, 2.75) is 52.0 Å². The van der Waals surface area contributed by atoms with E-state index in [1.165, 1.54) is 10.4 Å². The molecule has 19 heavy (non-hydrogen) atoms. The monoisotopic (exact) mass is 281 g/mol. The highest BCUT2D eigenvalue weighted by molar-refractivity contribution is 7.14. The Morgan fingerprint density at radius 2 is 2.26 bits per heavy atom. The third kappa shape index (κ3) is 3.18. The van der Waals surface area contributed by atoms with Crippen molar-refractivity contribution in [2.24, 2.45) is 0 Å². The first-order valence-corrected chi connectivity index (χ1v) is 8.00. The smallest absolute Gasteiger partial charge is 0.264 e. The van der Waals surface area contributed by atoms with Gasteiger partial charge < -0.3 is 10.0 Å². The predicted molar refractivity (Wildman–Crippen MR) is 78.8 cm³/mol. The molecule has 2 rings (SSSR count). The van der Waals surface area contributed by atoms with Crippen LogP contribution in [0.15, 0.2) is 6.07 Å². The van der Waals surface area contributed by atoms with E-state index >= 15 is 0 Å². The highest BCUT2D eigenvalue weighted by atomic mass is 32.1. The Balaban J connectivity index is 2.20. The fourth-order valence-corrected chi connectivity index (χ4v) is 3.82. The van der Waals surface area contributed by atoms with Gasteiger partial charge in [0.15, 0.2) is 0 Å². The van der Waals surface area contributed by atoms with Crippen LogP contribution in [0.4, 0.5) is 0 Å². The summed E-state index contributed by atoms with van der Waals surface area (Å²) in [5, 5.41) is 9.50. The van der Waals surface area contributed by atoms with Crippen LogP contribution in [0.1, 0.15) is 52.7 Å². The zero-order valence-corrected chi connectivity index (χ0v) is 12.6. The van der Waals surface area contributed by atoms with Crippen LogP contribution < -0.4 is 0 Å². The van der Waals surface area contributed by atoms with Crippen LogP contribution in [0.25, 0.3) is 0 Å². The van der Waals surface area contributed by atoms with Crippen LogP contribution in [-0.4, -0.2) is 35.1 Å². The van der Waals surface area contributed by atoms with Gasteiger partial charge in [0, 0.05) is 11.4 Å². The summed E-state index contributed by atoms with van der Waals surface area (Å²) in [6.45, 7) is 5.05. The van der Waals surface area contributed by atoms with Gasteiger partial charge in [0.1, 0.15) is 0 Å². The molecule has 0 bridgehead atoms. The molecule has 1 aromatic rings. The second kappa shape index (κ2) is 6.53. The minimum absolute atomic E-state index is 0.00230. The molecule has 1 aromatic heterocycles. The molecule has 4 heteroatoms. The normalized spacial score (nSPS) is 20.4. The van der Waals surface area contributed by atoms with Gasteiger partial charge in [-0.25, -0.2) is 0 Å².